The third kappa shape index (κ3) is 5.63. The number of aromatic nitrogens is 4. The lowest BCUT2D eigenvalue weighted by molar-refractivity contribution is 0.670. The molecule has 14 rings (SSSR count). The Labute approximate surface area is 379 Å². The van der Waals surface area contributed by atoms with Crippen molar-refractivity contribution in [3.8, 4) is 56.5 Å². The second kappa shape index (κ2) is 14.2. The first-order chi connectivity index (χ1) is 32.2. The molecule has 0 unspecified atom stereocenters. The number of hydrogen-bond acceptors (Lipinski definition) is 7. The molecule has 0 atom stereocenters. The highest BCUT2D eigenvalue weighted by molar-refractivity contribution is 7.26. The smallest absolute Gasteiger partial charge is 0.165 e. The van der Waals surface area contributed by atoms with E-state index >= 15 is 0 Å². The maximum absolute atomic E-state index is 6.85. The SMILES string of the molecule is c1ccc(-c2nc3ccccc3c3c2cc(-c2ccc(-c4nc(-c5cccc6c5sc5ccccc56)nc(-c5cccc6c5sc5ccccc56)n4)cc2)c2oc4ccccc4c23)cc1. The van der Waals surface area contributed by atoms with E-state index in [2.05, 4.69) is 188 Å². The van der Waals surface area contributed by atoms with Crippen LogP contribution in [0.15, 0.2) is 199 Å². The summed E-state index contributed by atoms with van der Waals surface area (Å²) in [5.41, 5.74) is 9.55. The normalized spacial score (nSPS) is 12.0. The van der Waals surface area contributed by atoms with Crippen molar-refractivity contribution in [1.82, 2.24) is 19.9 Å². The number of thiophene rings is 2. The van der Waals surface area contributed by atoms with Gasteiger partial charge in [0.2, 0.25) is 0 Å². The molecule has 0 bridgehead atoms. The fraction of sp³-hybridized carbons (Fsp3) is 0. The van der Waals surface area contributed by atoms with Crippen molar-refractivity contribution >= 4 is 107 Å². The molecule has 0 aliphatic carbocycles. The van der Waals surface area contributed by atoms with E-state index in [0.717, 1.165) is 92.1 Å². The van der Waals surface area contributed by atoms with Crippen molar-refractivity contribution in [2.75, 3.05) is 0 Å². The van der Waals surface area contributed by atoms with Crippen LogP contribution in [-0.2, 0) is 0 Å². The minimum Gasteiger partial charge on any atom is -0.455 e. The maximum Gasteiger partial charge on any atom is 0.165 e. The topological polar surface area (TPSA) is 64.7 Å². The molecular formula is C58H32N4OS2. The Morgan fingerprint density at radius 2 is 0.877 bits per heavy atom. The first kappa shape index (κ1) is 36.4. The largest absolute Gasteiger partial charge is 0.455 e. The van der Waals surface area contributed by atoms with Gasteiger partial charge in [0.05, 0.1) is 11.2 Å². The van der Waals surface area contributed by atoms with Crippen molar-refractivity contribution < 1.29 is 4.42 Å². The molecule has 5 heterocycles. The summed E-state index contributed by atoms with van der Waals surface area (Å²) in [4.78, 5) is 21.2. The van der Waals surface area contributed by atoms with Gasteiger partial charge in [0, 0.05) is 95.1 Å². The maximum atomic E-state index is 6.85. The minimum atomic E-state index is 0.613. The highest BCUT2D eigenvalue weighted by atomic mass is 32.1. The molecule has 7 heteroatoms. The molecule has 0 fully saturated rings. The summed E-state index contributed by atoms with van der Waals surface area (Å²) >= 11 is 3.57. The van der Waals surface area contributed by atoms with Gasteiger partial charge in [0.15, 0.2) is 17.5 Å². The lowest BCUT2D eigenvalue weighted by atomic mass is 9.91. The van der Waals surface area contributed by atoms with Gasteiger partial charge in [-0.2, -0.15) is 0 Å². The standard InChI is InChI=1S/C58H32N4OS2/c1-2-14-34(15-3-1)52-45-32-44(53-51(41-19-5-9-25-47(41)63-53)50(45)40-18-4-8-24-46(40)59-52)33-28-30-35(31-29-33)56-60-57(42-22-12-20-38-36-16-6-10-26-48(36)64-54(38)42)62-58(61-56)43-23-13-21-39-37-17-7-11-27-49(37)65-55(39)43/h1-32H. The van der Waals surface area contributed by atoms with Crippen LogP contribution in [0.1, 0.15) is 0 Å². The molecule has 65 heavy (non-hydrogen) atoms. The van der Waals surface area contributed by atoms with Gasteiger partial charge in [0.25, 0.3) is 0 Å². The molecule has 0 aliphatic heterocycles. The lowest BCUT2D eigenvalue weighted by Gasteiger charge is -2.14. The molecule has 0 radical (unpaired) electrons. The van der Waals surface area contributed by atoms with Crippen molar-refractivity contribution in [1.29, 1.82) is 0 Å². The number of hydrogen-bond donors (Lipinski definition) is 0. The van der Waals surface area contributed by atoms with E-state index in [1.165, 1.54) is 30.9 Å². The third-order valence-corrected chi connectivity index (χ3v) is 15.2. The van der Waals surface area contributed by atoms with Gasteiger partial charge < -0.3 is 4.42 Å². The van der Waals surface area contributed by atoms with Crippen molar-refractivity contribution in [2.45, 2.75) is 0 Å². The van der Waals surface area contributed by atoms with Gasteiger partial charge in [-0.1, -0.05) is 152 Å². The predicted molar refractivity (Wildman–Crippen MR) is 273 cm³/mol. The first-order valence-corrected chi connectivity index (χ1v) is 23.3. The fourth-order valence-corrected chi connectivity index (χ4v) is 12.2. The summed E-state index contributed by atoms with van der Waals surface area (Å²) in [7, 11) is 0. The fourth-order valence-electron chi connectivity index (χ4n) is 9.75. The number of nitrogens with zero attached hydrogens (tertiary/aromatic N) is 4. The van der Waals surface area contributed by atoms with E-state index in [1.54, 1.807) is 22.7 Å². The van der Waals surface area contributed by atoms with Crippen LogP contribution in [0, 0.1) is 0 Å². The Morgan fingerprint density at radius 3 is 1.55 bits per heavy atom. The Bertz CT molecular complexity index is 4110. The molecule has 14 aromatic rings. The van der Waals surface area contributed by atoms with Crippen molar-refractivity contribution in [2.24, 2.45) is 0 Å². The van der Waals surface area contributed by atoms with Crippen molar-refractivity contribution in [3.63, 3.8) is 0 Å². The van der Waals surface area contributed by atoms with E-state index in [-0.39, 0.29) is 0 Å². The van der Waals surface area contributed by atoms with Crippen LogP contribution in [0.2, 0.25) is 0 Å². The van der Waals surface area contributed by atoms with Crippen LogP contribution in [0.25, 0.3) is 141 Å². The predicted octanol–water partition coefficient (Wildman–Crippen LogP) is 16.5. The monoisotopic (exact) mass is 864 g/mol. The quantitative estimate of drug-likeness (QED) is 0.161. The van der Waals surface area contributed by atoms with Crippen LogP contribution in [0.3, 0.4) is 0 Å². The van der Waals surface area contributed by atoms with E-state index in [1.807, 2.05) is 6.07 Å². The molecular weight excluding hydrogens is 833 g/mol. The molecule has 0 N–H and O–H groups in total. The van der Waals surface area contributed by atoms with Crippen LogP contribution < -0.4 is 0 Å². The highest BCUT2D eigenvalue weighted by Gasteiger charge is 2.23. The van der Waals surface area contributed by atoms with Gasteiger partial charge in [-0.15, -0.1) is 22.7 Å². The molecule has 9 aromatic carbocycles. The zero-order valence-corrected chi connectivity index (χ0v) is 36.1. The summed E-state index contributed by atoms with van der Waals surface area (Å²) in [6, 6.07) is 68.2. The van der Waals surface area contributed by atoms with E-state index < -0.39 is 0 Å². The van der Waals surface area contributed by atoms with Crippen LogP contribution in [-0.4, -0.2) is 19.9 Å². The number of para-hydroxylation sites is 2. The van der Waals surface area contributed by atoms with Crippen LogP contribution in [0.4, 0.5) is 0 Å². The summed E-state index contributed by atoms with van der Waals surface area (Å²) in [5, 5.41) is 10.4. The zero-order chi connectivity index (χ0) is 42.6. The molecule has 0 spiro atoms. The molecule has 0 saturated heterocycles. The molecule has 0 amide bonds. The number of fused-ring (bicyclic) bond motifs is 13. The Morgan fingerprint density at radius 1 is 0.338 bits per heavy atom. The Balaban J connectivity index is 0.990. The van der Waals surface area contributed by atoms with Gasteiger partial charge in [-0.3, -0.25) is 0 Å². The summed E-state index contributed by atoms with van der Waals surface area (Å²) in [6.45, 7) is 0. The summed E-state index contributed by atoms with van der Waals surface area (Å²) in [6.07, 6.45) is 0. The molecule has 0 saturated carbocycles. The number of pyridine rings is 1. The number of furan rings is 1. The van der Waals surface area contributed by atoms with Crippen LogP contribution >= 0.6 is 22.7 Å². The van der Waals surface area contributed by atoms with E-state index in [9.17, 15) is 0 Å². The molecule has 302 valence electrons. The number of rotatable bonds is 5. The van der Waals surface area contributed by atoms with Crippen LogP contribution in [0.5, 0.6) is 0 Å². The van der Waals surface area contributed by atoms with Crippen molar-refractivity contribution in [3.05, 3.63) is 194 Å². The zero-order valence-electron chi connectivity index (χ0n) is 34.5. The molecule has 5 aromatic heterocycles. The summed E-state index contributed by atoms with van der Waals surface area (Å²) < 4.78 is 11.6. The molecule has 5 nitrogen and oxygen atoms in total. The second-order valence-corrected chi connectivity index (χ2v) is 18.5. The average molecular weight is 865 g/mol. The first-order valence-electron chi connectivity index (χ1n) is 21.6. The van der Waals surface area contributed by atoms with Gasteiger partial charge >= 0.3 is 0 Å². The van der Waals surface area contributed by atoms with Gasteiger partial charge in [-0.25, -0.2) is 19.9 Å². The van der Waals surface area contributed by atoms with E-state index in [4.69, 9.17) is 24.4 Å². The average Bonchev–Trinajstić information content (AvgIpc) is 4.08. The number of benzene rings is 9. The van der Waals surface area contributed by atoms with E-state index in [0.29, 0.717) is 17.5 Å². The highest BCUT2D eigenvalue weighted by Crippen LogP contribution is 2.47. The summed E-state index contributed by atoms with van der Waals surface area (Å²) in [5.74, 6) is 1.91. The minimum absolute atomic E-state index is 0.613. The third-order valence-electron chi connectivity index (χ3n) is 12.7. The molecule has 0 aliphatic rings. The van der Waals surface area contributed by atoms with Gasteiger partial charge in [0.1, 0.15) is 11.2 Å². The Hall–Kier alpha value is -8.10. The second-order valence-electron chi connectivity index (χ2n) is 16.4. The van der Waals surface area contributed by atoms with Gasteiger partial charge in [-0.05, 0) is 48.0 Å². The Kier molecular flexibility index (Phi) is 7.95. The lowest BCUT2D eigenvalue weighted by Crippen LogP contribution is -2.00.